The van der Waals surface area contributed by atoms with Gasteiger partial charge in [-0.25, -0.2) is 0 Å². The molecule has 102 valence electrons. The molecule has 0 saturated heterocycles. The highest BCUT2D eigenvalue weighted by Gasteiger charge is 2.50. The van der Waals surface area contributed by atoms with E-state index in [-0.39, 0.29) is 23.1 Å². The van der Waals surface area contributed by atoms with Crippen molar-refractivity contribution in [1.82, 2.24) is 5.32 Å². The first-order chi connectivity index (χ1) is 8.94. The lowest BCUT2D eigenvalue weighted by Crippen LogP contribution is -2.26. The van der Waals surface area contributed by atoms with Gasteiger partial charge in [0, 0.05) is 18.0 Å². The first kappa shape index (κ1) is 13.4. The van der Waals surface area contributed by atoms with Gasteiger partial charge >= 0.3 is 0 Å². The molecular weight excluding hydrogens is 242 g/mol. The molecule has 1 fully saturated rings. The molecule has 4 N–H and O–H groups in total. The molecule has 1 amide bonds. The van der Waals surface area contributed by atoms with Gasteiger partial charge < -0.3 is 16.3 Å². The van der Waals surface area contributed by atoms with Crippen molar-refractivity contribution in [3.63, 3.8) is 0 Å². The van der Waals surface area contributed by atoms with Crippen molar-refractivity contribution in [3.05, 3.63) is 35.4 Å². The van der Waals surface area contributed by atoms with Crippen molar-refractivity contribution in [1.29, 1.82) is 0 Å². The number of rotatable bonds is 4. The van der Waals surface area contributed by atoms with Gasteiger partial charge in [-0.3, -0.25) is 4.79 Å². The molecule has 5 nitrogen and oxygen atoms in total. The molecule has 0 bridgehead atoms. The van der Waals surface area contributed by atoms with Crippen molar-refractivity contribution < 1.29 is 10.0 Å². The molecular formula is C14H19N3O2. The second kappa shape index (κ2) is 4.91. The number of carbonyl (C=O) groups is 1. The van der Waals surface area contributed by atoms with Crippen LogP contribution in [0.1, 0.15) is 31.4 Å². The molecule has 5 heteroatoms. The molecule has 1 unspecified atom stereocenters. The Morgan fingerprint density at radius 1 is 1.47 bits per heavy atom. The van der Waals surface area contributed by atoms with Crippen molar-refractivity contribution in [3.8, 4) is 0 Å². The SMILES string of the molecule is CC1(C)CC1C(=O)NCc1ccc(/C(N)=N/O)cc1. The lowest BCUT2D eigenvalue weighted by molar-refractivity contribution is -0.123. The Balaban J connectivity index is 1.89. The Morgan fingerprint density at radius 2 is 2.05 bits per heavy atom. The Labute approximate surface area is 112 Å². The fraction of sp³-hybridized carbons (Fsp3) is 0.429. The number of carbonyl (C=O) groups excluding carboxylic acids is 1. The van der Waals surface area contributed by atoms with Gasteiger partial charge in [0.2, 0.25) is 5.91 Å². The number of hydrogen-bond donors (Lipinski definition) is 3. The molecule has 2 rings (SSSR count). The summed E-state index contributed by atoms with van der Waals surface area (Å²) >= 11 is 0. The number of nitrogens with one attached hydrogen (secondary N) is 1. The average molecular weight is 261 g/mol. The number of benzene rings is 1. The second-order valence-electron chi connectivity index (χ2n) is 5.65. The Bertz CT molecular complexity index is 506. The van der Waals surface area contributed by atoms with Crippen LogP contribution in [-0.2, 0) is 11.3 Å². The molecule has 0 radical (unpaired) electrons. The van der Waals surface area contributed by atoms with Gasteiger partial charge in [-0.05, 0) is 17.4 Å². The topological polar surface area (TPSA) is 87.7 Å². The Morgan fingerprint density at radius 3 is 2.53 bits per heavy atom. The minimum atomic E-state index is 0.0790. The summed E-state index contributed by atoms with van der Waals surface area (Å²) in [5.41, 5.74) is 7.27. The molecule has 1 aromatic rings. The summed E-state index contributed by atoms with van der Waals surface area (Å²) in [5.74, 6) is 0.338. The van der Waals surface area contributed by atoms with Crippen LogP contribution in [0.4, 0.5) is 0 Å². The third-order valence-corrected chi connectivity index (χ3v) is 3.65. The van der Waals surface area contributed by atoms with Crippen LogP contribution >= 0.6 is 0 Å². The van der Waals surface area contributed by atoms with Gasteiger partial charge in [0.1, 0.15) is 0 Å². The maximum atomic E-state index is 11.8. The lowest BCUT2D eigenvalue weighted by atomic mass is 10.1. The number of nitrogens with two attached hydrogens (primary N) is 1. The third kappa shape index (κ3) is 3.05. The van der Waals surface area contributed by atoms with E-state index in [0.29, 0.717) is 12.1 Å². The monoisotopic (exact) mass is 261 g/mol. The first-order valence-corrected chi connectivity index (χ1v) is 6.28. The highest BCUT2D eigenvalue weighted by molar-refractivity contribution is 5.96. The predicted octanol–water partition coefficient (Wildman–Crippen LogP) is 1.44. The van der Waals surface area contributed by atoms with Crippen LogP contribution in [0.15, 0.2) is 29.4 Å². The van der Waals surface area contributed by atoms with E-state index in [4.69, 9.17) is 10.9 Å². The van der Waals surface area contributed by atoms with E-state index in [1.807, 2.05) is 12.1 Å². The molecule has 1 aliphatic rings. The minimum absolute atomic E-state index is 0.0790. The van der Waals surface area contributed by atoms with Gasteiger partial charge in [0.15, 0.2) is 5.84 Å². The van der Waals surface area contributed by atoms with Gasteiger partial charge in [-0.1, -0.05) is 43.3 Å². The Hall–Kier alpha value is -2.04. The van der Waals surface area contributed by atoms with Crippen molar-refractivity contribution in [2.45, 2.75) is 26.8 Å². The van der Waals surface area contributed by atoms with Crippen LogP contribution in [0.3, 0.4) is 0 Å². The van der Waals surface area contributed by atoms with Gasteiger partial charge in [-0.15, -0.1) is 0 Å². The summed E-state index contributed by atoms with van der Waals surface area (Å²) in [6.45, 7) is 4.70. The summed E-state index contributed by atoms with van der Waals surface area (Å²) in [6.07, 6.45) is 0.960. The van der Waals surface area contributed by atoms with E-state index in [1.165, 1.54) is 0 Å². The number of amidine groups is 1. The van der Waals surface area contributed by atoms with Crippen molar-refractivity contribution in [2.24, 2.45) is 22.2 Å². The van der Waals surface area contributed by atoms with Crippen LogP contribution < -0.4 is 11.1 Å². The first-order valence-electron chi connectivity index (χ1n) is 6.28. The lowest BCUT2D eigenvalue weighted by Gasteiger charge is -2.07. The van der Waals surface area contributed by atoms with Crippen LogP contribution in [0.25, 0.3) is 0 Å². The summed E-state index contributed by atoms with van der Waals surface area (Å²) in [5, 5.41) is 14.4. The number of oxime groups is 1. The van der Waals surface area contributed by atoms with E-state index in [9.17, 15) is 4.79 Å². The summed E-state index contributed by atoms with van der Waals surface area (Å²) in [6, 6.07) is 7.23. The molecule has 1 aliphatic carbocycles. The standard InChI is InChI=1S/C14H19N3O2/c1-14(2)7-11(14)13(18)16-8-9-3-5-10(6-4-9)12(15)17-19/h3-6,11,19H,7-8H2,1-2H3,(H2,15,17)(H,16,18). The molecule has 1 atom stereocenters. The zero-order valence-corrected chi connectivity index (χ0v) is 11.2. The predicted molar refractivity (Wildman–Crippen MR) is 72.7 cm³/mol. The van der Waals surface area contributed by atoms with E-state index in [0.717, 1.165) is 12.0 Å². The molecule has 0 heterocycles. The van der Waals surface area contributed by atoms with Crippen LogP contribution in [-0.4, -0.2) is 17.0 Å². The summed E-state index contributed by atoms with van der Waals surface area (Å²) < 4.78 is 0. The normalized spacial score (nSPS) is 20.9. The van der Waals surface area contributed by atoms with Crippen LogP contribution in [0, 0.1) is 11.3 Å². The quantitative estimate of drug-likeness (QED) is 0.332. The van der Waals surface area contributed by atoms with E-state index in [2.05, 4.69) is 24.3 Å². The minimum Gasteiger partial charge on any atom is -0.409 e. The third-order valence-electron chi connectivity index (χ3n) is 3.65. The van der Waals surface area contributed by atoms with Gasteiger partial charge in [0.25, 0.3) is 0 Å². The molecule has 0 aliphatic heterocycles. The van der Waals surface area contributed by atoms with Crippen LogP contribution in [0.2, 0.25) is 0 Å². The fourth-order valence-corrected chi connectivity index (χ4v) is 2.08. The van der Waals surface area contributed by atoms with Crippen molar-refractivity contribution >= 4 is 11.7 Å². The highest BCUT2D eigenvalue weighted by atomic mass is 16.4. The van der Waals surface area contributed by atoms with Crippen LogP contribution in [0.5, 0.6) is 0 Å². The van der Waals surface area contributed by atoms with Gasteiger partial charge in [0.05, 0.1) is 0 Å². The highest BCUT2D eigenvalue weighted by Crippen LogP contribution is 2.51. The van der Waals surface area contributed by atoms with Gasteiger partial charge in [-0.2, -0.15) is 0 Å². The zero-order chi connectivity index (χ0) is 14.0. The second-order valence-corrected chi connectivity index (χ2v) is 5.65. The zero-order valence-electron chi connectivity index (χ0n) is 11.2. The average Bonchev–Trinajstić information content (AvgIpc) is 3.05. The fourth-order valence-electron chi connectivity index (χ4n) is 2.08. The molecule has 0 aromatic heterocycles. The molecule has 19 heavy (non-hydrogen) atoms. The molecule has 1 saturated carbocycles. The maximum absolute atomic E-state index is 11.8. The molecule has 1 aromatic carbocycles. The van der Waals surface area contributed by atoms with E-state index < -0.39 is 0 Å². The number of amides is 1. The smallest absolute Gasteiger partial charge is 0.223 e. The summed E-state index contributed by atoms with van der Waals surface area (Å²) in [7, 11) is 0. The Kier molecular flexibility index (Phi) is 3.46. The molecule has 0 spiro atoms. The largest absolute Gasteiger partial charge is 0.409 e. The number of hydrogen-bond acceptors (Lipinski definition) is 3. The number of nitrogens with zero attached hydrogens (tertiary/aromatic N) is 1. The van der Waals surface area contributed by atoms with E-state index in [1.54, 1.807) is 12.1 Å². The summed E-state index contributed by atoms with van der Waals surface area (Å²) in [4.78, 5) is 11.8. The maximum Gasteiger partial charge on any atom is 0.223 e. The van der Waals surface area contributed by atoms with E-state index >= 15 is 0 Å². The van der Waals surface area contributed by atoms with Crippen molar-refractivity contribution in [2.75, 3.05) is 0 Å².